The monoisotopic (exact) mass is 238 g/mol. The van der Waals surface area contributed by atoms with Gasteiger partial charge in [0, 0.05) is 6.21 Å². The fourth-order valence-corrected chi connectivity index (χ4v) is 1.57. The fourth-order valence-electron chi connectivity index (χ4n) is 1.33. The van der Waals surface area contributed by atoms with E-state index in [1.165, 1.54) is 29.1 Å². The van der Waals surface area contributed by atoms with Gasteiger partial charge in [0.05, 0.1) is 22.5 Å². The minimum absolute atomic E-state index is 0.214. The molecule has 6 heteroatoms. The minimum atomic E-state index is -0.424. The molecular weight excluding hydrogens is 231 g/mol. The van der Waals surface area contributed by atoms with Gasteiger partial charge in [-0.3, -0.25) is 0 Å². The lowest BCUT2D eigenvalue weighted by Gasteiger charge is -2.06. The van der Waals surface area contributed by atoms with Crippen molar-refractivity contribution >= 4 is 23.6 Å². The first-order valence-electron chi connectivity index (χ1n) is 4.43. The van der Waals surface area contributed by atoms with Gasteiger partial charge in [0.25, 0.3) is 0 Å². The topological polar surface area (TPSA) is 67.7 Å². The maximum absolute atomic E-state index is 12.9. The van der Waals surface area contributed by atoms with Gasteiger partial charge in [0.15, 0.2) is 0 Å². The Morgan fingerprint density at radius 3 is 2.81 bits per heavy atom. The van der Waals surface area contributed by atoms with Crippen LogP contribution in [0.5, 0.6) is 0 Å². The molecule has 0 bridgehead atoms. The maximum Gasteiger partial charge on any atom is 0.136 e. The van der Waals surface area contributed by atoms with E-state index >= 15 is 0 Å². The predicted molar refractivity (Wildman–Crippen MR) is 60.8 cm³/mol. The van der Waals surface area contributed by atoms with E-state index in [9.17, 15) is 4.39 Å². The lowest BCUT2D eigenvalue weighted by Crippen LogP contribution is -2.03. The Kier molecular flexibility index (Phi) is 2.62. The van der Waals surface area contributed by atoms with Gasteiger partial charge in [0.1, 0.15) is 11.6 Å². The largest absolute Gasteiger partial charge is 0.383 e. The Labute approximate surface area is 96.0 Å². The Morgan fingerprint density at radius 1 is 1.50 bits per heavy atom. The molecule has 2 rings (SSSR count). The smallest absolute Gasteiger partial charge is 0.136 e. The molecule has 1 heterocycles. The lowest BCUT2D eigenvalue weighted by atomic mass is 10.3. The van der Waals surface area contributed by atoms with Crippen molar-refractivity contribution in [3.63, 3.8) is 0 Å². The fraction of sp³-hybridized carbons (Fsp3) is 0. The highest BCUT2D eigenvalue weighted by molar-refractivity contribution is 6.32. The molecule has 1 aromatic carbocycles. The summed E-state index contributed by atoms with van der Waals surface area (Å²) in [5, 5.41) is 11.3. The molecule has 1 aromatic heterocycles. The molecule has 0 spiro atoms. The van der Waals surface area contributed by atoms with Crippen molar-refractivity contribution in [2.24, 2.45) is 0 Å². The number of hydrogen-bond acceptors (Lipinski definition) is 3. The minimum Gasteiger partial charge on any atom is -0.383 e. The third-order valence-corrected chi connectivity index (χ3v) is 2.43. The molecule has 3 N–H and O–H groups in total. The van der Waals surface area contributed by atoms with Gasteiger partial charge >= 0.3 is 0 Å². The highest BCUT2D eigenvalue weighted by Gasteiger charge is 2.10. The van der Waals surface area contributed by atoms with Crippen LogP contribution in [0.1, 0.15) is 5.56 Å². The normalized spacial score (nSPS) is 10.4. The van der Waals surface area contributed by atoms with Crippen LogP contribution in [0.2, 0.25) is 5.02 Å². The van der Waals surface area contributed by atoms with Crippen molar-refractivity contribution in [3.05, 3.63) is 40.8 Å². The average Bonchev–Trinajstić information content (AvgIpc) is 2.60. The third kappa shape index (κ3) is 1.65. The number of nitrogen functional groups attached to an aromatic ring is 1. The molecule has 0 saturated heterocycles. The molecule has 0 unspecified atom stereocenters. The van der Waals surface area contributed by atoms with Gasteiger partial charge < -0.3 is 11.1 Å². The zero-order valence-corrected chi connectivity index (χ0v) is 8.87. The van der Waals surface area contributed by atoms with Crippen LogP contribution in [0.4, 0.5) is 10.2 Å². The molecule has 0 saturated carbocycles. The van der Waals surface area contributed by atoms with Gasteiger partial charge in [-0.05, 0) is 18.2 Å². The Morgan fingerprint density at radius 2 is 2.25 bits per heavy atom. The predicted octanol–water partition coefficient (Wildman–Crippen LogP) is 2.24. The van der Waals surface area contributed by atoms with E-state index in [4.69, 9.17) is 22.7 Å². The number of nitrogens with one attached hydrogen (secondary N) is 1. The second-order valence-corrected chi connectivity index (χ2v) is 3.54. The molecule has 4 nitrogen and oxygen atoms in total. The Bertz CT molecular complexity index is 550. The standard InChI is InChI=1S/C10H8ClFN4/c11-8-3-7(12)1-2-9(8)16-10(14)6(4-13)5-15-16/h1-5,13H,14H2. The van der Waals surface area contributed by atoms with Crippen molar-refractivity contribution in [1.82, 2.24) is 9.78 Å². The van der Waals surface area contributed by atoms with Crippen molar-refractivity contribution < 1.29 is 4.39 Å². The Hall–Kier alpha value is -1.88. The number of nitrogens with two attached hydrogens (primary N) is 1. The van der Waals surface area contributed by atoms with Crippen LogP contribution in [-0.2, 0) is 0 Å². The molecular formula is C10H8ClFN4. The molecule has 0 fully saturated rings. The summed E-state index contributed by atoms with van der Waals surface area (Å²) in [6.45, 7) is 0. The van der Waals surface area contributed by atoms with E-state index in [2.05, 4.69) is 5.10 Å². The highest BCUT2D eigenvalue weighted by Crippen LogP contribution is 2.24. The van der Waals surface area contributed by atoms with Gasteiger partial charge in [0.2, 0.25) is 0 Å². The summed E-state index contributed by atoms with van der Waals surface area (Å²) >= 11 is 5.87. The average molecular weight is 239 g/mol. The molecule has 0 amide bonds. The molecule has 0 aliphatic carbocycles. The molecule has 16 heavy (non-hydrogen) atoms. The second-order valence-electron chi connectivity index (χ2n) is 3.14. The molecule has 0 atom stereocenters. The summed E-state index contributed by atoms with van der Waals surface area (Å²) in [6, 6.07) is 3.93. The number of nitrogens with zero attached hydrogens (tertiary/aromatic N) is 2. The van der Waals surface area contributed by atoms with Crippen LogP contribution >= 0.6 is 11.6 Å². The summed E-state index contributed by atoms with van der Waals surface area (Å²) < 4.78 is 14.2. The number of halogens is 2. The SMILES string of the molecule is N=Cc1cnn(-c2ccc(F)cc2Cl)c1N. The third-order valence-electron chi connectivity index (χ3n) is 2.13. The van der Waals surface area contributed by atoms with Gasteiger partial charge in [-0.15, -0.1) is 0 Å². The second kappa shape index (κ2) is 3.94. The van der Waals surface area contributed by atoms with Crippen LogP contribution in [0.25, 0.3) is 5.69 Å². The molecule has 0 radical (unpaired) electrons. The zero-order valence-electron chi connectivity index (χ0n) is 8.11. The van der Waals surface area contributed by atoms with Gasteiger partial charge in [-0.25, -0.2) is 9.07 Å². The highest BCUT2D eigenvalue weighted by atomic mass is 35.5. The molecule has 82 valence electrons. The van der Waals surface area contributed by atoms with E-state index in [1.54, 1.807) is 0 Å². The van der Waals surface area contributed by atoms with Crippen LogP contribution in [0, 0.1) is 11.2 Å². The number of anilines is 1. The molecule has 0 aliphatic heterocycles. The molecule has 2 aromatic rings. The van der Waals surface area contributed by atoms with Gasteiger partial charge in [-0.2, -0.15) is 5.10 Å². The number of rotatable bonds is 2. The van der Waals surface area contributed by atoms with Crippen LogP contribution < -0.4 is 5.73 Å². The van der Waals surface area contributed by atoms with Crippen molar-refractivity contribution in [2.75, 3.05) is 5.73 Å². The van der Waals surface area contributed by atoms with Gasteiger partial charge in [-0.1, -0.05) is 11.6 Å². The van der Waals surface area contributed by atoms with E-state index < -0.39 is 5.82 Å². The molecule has 0 aliphatic rings. The van der Waals surface area contributed by atoms with Crippen LogP contribution in [0.3, 0.4) is 0 Å². The van der Waals surface area contributed by atoms with Crippen LogP contribution in [0.15, 0.2) is 24.4 Å². The first-order valence-corrected chi connectivity index (χ1v) is 4.80. The summed E-state index contributed by atoms with van der Waals surface area (Å²) in [6.07, 6.45) is 2.54. The summed E-state index contributed by atoms with van der Waals surface area (Å²) in [5.41, 5.74) is 6.72. The maximum atomic E-state index is 12.9. The number of aromatic nitrogens is 2. The first kappa shape index (κ1) is 10.6. The van der Waals surface area contributed by atoms with Crippen molar-refractivity contribution in [1.29, 1.82) is 5.41 Å². The lowest BCUT2D eigenvalue weighted by molar-refractivity contribution is 0.627. The van der Waals surface area contributed by atoms with Crippen molar-refractivity contribution in [3.8, 4) is 5.69 Å². The summed E-state index contributed by atoms with van der Waals surface area (Å²) in [4.78, 5) is 0. The number of hydrogen-bond donors (Lipinski definition) is 2. The first-order chi connectivity index (χ1) is 7.63. The Balaban J connectivity index is 2.58. The van der Waals surface area contributed by atoms with E-state index in [-0.39, 0.29) is 5.02 Å². The van der Waals surface area contributed by atoms with E-state index in [0.29, 0.717) is 17.1 Å². The van der Waals surface area contributed by atoms with E-state index in [1.807, 2.05) is 0 Å². The quantitative estimate of drug-likeness (QED) is 0.788. The summed E-state index contributed by atoms with van der Waals surface area (Å²) in [7, 11) is 0. The van der Waals surface area contributed by atoms with E-state index in [0.717, 1.165) is 6.21 Å². The zero-order chi connectivity index (χ0) is 11.7. The van der Waals surface area contributed by atoms with Crippen molar-refractivity contribution in [2.45, 2.75) is 0 Å². The van der Waals surface area contributed by atoms with Crippen LogP contribution in [-0.4, -0.2) is 16.0 Å². The number of benzene rings is 1. The summed E-state index contributed by atoms with van der Waals surface area (Å²) in [5.74, 6) is -0.129.